The van der Waals surface area contributed by atoms with Crippen molar-refractivity contribution in [1.29, 1.82) is 0 Å². The number of halogens is 3. The largest absolute Gasteiger partial charge is 0.493 e. The first-order valence-corrected chi connectivity index (χ1v) is 7.73. The molecule has 1 amide bonds. The number of pyridine rings is 1. The van der Waals surface area contributed by atoms with E-state index in [1.165, 1.54) is 25.3 Å². The van der Waals surface area contributed by atoms with E-state index in [2.05, 4.69) is 4.98 Å². The summed E-state index contributed by atoms with van der Waals surface area (Å²) in [5.74, 6) is -4.44. The van der Waals surface area contributed by atoms with Crippen molar-refractivity contribution in [2.24, 2.45) is 0 Å². The molecule has 0 radical (unpaired) electrons. The molecule has 0 saturated carbocycles. The third kappa shape index (κ3) is 3.72. The molecule has 9 heteroatoms. The van der Waals surface area contributed by atoms with E-state index in [-0.39, 0.29) is 17.4 Å². The number of carbonyl (C=O) groups is 1. The van der Waals surface area contributed by atoms with Crippen LogP contribution < -0.4 is 14.8 Å². The average molecular weight is 368 g/mol. The molecule has 3 rings (SSSR count). The van der Waals surface area contributed by atoms with Crippen LogP contribution in [0.15, 0.2) is 24.4 Å². The van der Waals surface area contributed by atoms with Crippen molar-refractivity contribution in [3.05, 3.63) is 47.5 Å². The molecule has 0 aliphatic carbocycles. The molecule has 2 heterocycles. The fourth-order valence-electron chi connectivity index (χ4n) is 2.44. The minimum absolute atomic E-state index is 0.0516. The molecule has 0 spiro atoms. The van der Waals surface area contributed by atoms with Crippen LogP contribution in [0.25, 0.3) is 0 Å². The van der Waals surface area contributed by atoms with Gasteiger partial charge in [0, 0.05) is 12.0 Å². The molecule has 1 saturated heterocycles. The molecular weight excluding hydrogens is 353 g/mol. The third-order valence-electron chi connectivity index (χ3n) is 3.78. The van der Waals surface area contributed by atoms with E-state index in [4.69, 9.17) is 14.2 Å². The molecule has 1 aromatic heterocycles. The number of hydrogen-bond donors (Lipinski definition) is 1. The van der Waals surface area contributed by atoms with Crippen LogP contribution in [0, 0.1) is 17.6 Å². The molecular formula is C17H15F3N2O4. The molecule has 1 fully saturated rings. The lowest BCUT2D eigenvalue weighted by Gasteiger charge is -2.16. The topological polar surface area (TPSA) is 69.7 Å². The molecule has 1 atom stereocenters. The van der Waals surface area contributed by atoms with Crippen LogP contribution >= 0.6 is 0 Å². The summed E-state index contributed by atoms with van der Waals surface area (Å²) in [6.45, 7) is 0.978. The lowest BCUT2D eigenvalue weighted by Crippen LogP contribution is -2.18. The molecule has 2 aromatic rings. The minimum Gasteiger partial charge on any atom is -0.493 e. The fraction of sp³-hybridized carbons (Fsp3) is 0.294. The van der Waals surface area contributed by atoms with Crippen LogP contribution in [0.3, 0.4) is 0 Å². The maximum atomic E-state index is 13.7. The van der Waals surface area contributed by atoms with Gasteiger partial charge in [-0.1, -0.05) is 0 Å². The highest BCUT2D eigenvalue weighted by molar-refractivity contribution is 6.04. The summed E-state index contributed by atoms with van der Waals surface area (Å²) >= 11 is 0. The number of amides is 1. The normalized spacial score (nSPS) is 16.4. The molecule has 1 aromatic carbocycles. The van der Waals surface area contributed by atoms with E-state index in [9.17, 15) is 18.0 Å². The van der Waals surface area contributed by atoms with Gasteiger partial charge in [-0.2, -0.15) is 8.78 Å². The number of hydrogen-bond acceptors (Lipinski definition) is 5. The second-order valence-electron chi connectivity index (χ2n) is 5.51. The Hall–Kier alpha value is -2.81. The second-order valence-corrected chi connectivity index (χ2v) is 5.51. The van der Waals surface area contributed by atoms with Crippen LogP contribution in [0.1, 0.15) is 16.8 Å². The van der Waals surface area contributed by atoms with Crippen molar-refractivity contribution in [2.75, 3.05) is 25.6 Å². The van der Waals surface area contributed by atoms with E-state index < -0.39 is 29.2 Å². The lowest BCUT2D eigenvalue weighted by molar-refractivity contribution is 0.102. The van der Waals surface area contributed by atoms with Crippen LogP contribution in [0.2, 0.25) is 0 Å². The zero-order valence-electron chi connectivity index (χ0n) is 13.7. The van der Waals surface area contributed by atoms with Crippen LogP contribution in [-0.2, 0) is 4.74 Å². The standard InChI is InChI=1S/C17H15F3N2O4/c1-24-12-3-2-9(6-13(12)26-10-4-5-25-8-10)17(23)22-15-11(18)7-21-16(20)14(15)19/h2-3,6-7,10H,4-5,8H2,1H3,(H,21,22,23). The van der Waals surface area contributed by atoms with Gasteiger partial charge in [0.2, 0.25) is 5.82 Å². The summed E-state index contributed by atoms with van der Waals surface area (Å²) in [4.78, 5) is 15.2. The number of nitrogens with zero attached hydrogens (tertiary/aromatic N) is 1. The Morgan fingerprint density at radius 2 is 2.12 bits per heavy atom. The predicted octanol–water partition coefficient (Wildman–Crippen LogP) is 2.93. The monoisotopic (exact) mass is 368 g/mol. The number of ether oxygens (including phenoxy) is 3. The highest BCUT2D eigenvalue weighted by Gasteiger charge is 2.22. The van der Waals surface area contributed by atoms with Gasteiger partial charge in [-0.3, -0.25) is 4.79 Å². The maximum Gasteiger partial charge on any atom is 0.255 e. The predicted molar refractivity (Wildman–Crippen MR) is 84.9 cm³/mol. The molecule has 26 heavy (non-hydrogen) atoms. The number of aromatic nitrogens is 1. The number of nitrogens with one attached hydrogen (secondary N) is 1. The summed E-state index contributed by atoms with van der Waals surface area (Å²) in [6, 6.07) is 4.25. The third-order valence-corrected chi connectivity index (χ3v) is 3.78. The Bertz CT molecular complexity index is 826. The first-order chi connectivity index (χ1) is 12.5. The van der Waals surface area contributed by atoms with Gasteiger partial charge in [-0.05, 0) is 18.2 Å². The smallest absolute Gasteiger partial charge is 0.255 e. The van der Waals surface area contributed by atoms with Gasteiger partial charge in [0.1, 0.15) is 11.8 Å². The Morgan fingerprint density at radius 3 is 2.81 bits per heavy atom. The summed E-state index contributed by atoms with van der Waals surface area (Å²) in [7, 11) is 1.44. The Morgan fingerprint density at radius 1 is 1.31 bits per heavy atom. The Labute approximate surface area is 146 Å². The Balaban J connectivity index is 1.84. The van der Waals surface area contributed by atoms with Gasteiger partial charge in [0.25, 0.3) is 11.9 Å². The van der Waals surface area contributed by atoms with Crippen LogP contribution in [0.4, 0.5) is 18.9 Å². The highest BCUT2D eigenvalue weighted by Crippen LogP contribution is 2.31. The fourth-order valence-corrected chi connectivity index (χ4v) is 2.44. The van der Waals surface area contributed by atoms with Crippen molar-refractivity contribution in [3.63, 3.8) is 0 Å². The molecule has 138 valence electrons. The molecule has 1 aliphatic heterocycles. The summed E-state index contributed by atoms with van der Waals surface area (Å²) in [5, 5.41) is 2.00. The maximum absolute atomic E-state index is 13.7. The van der Waals surface area contributed by atoms with Crippen LogP contribution in [0.5, 0.6) is 11.5 Å². The van der Waals surface area contributed by atoms with E-state index in [0.717, 1.165) is 0 Å². The zero-order valence-corrected chi connectivity index (χ0v) is 13.7. The first kappa shape index (κ1) is 18.0. The second kappa shape index (κ2) is 7.61. The quantitative estimate of drug-likeness (QED) is 0.822. The minimum atomic E-state index is -1.58. The molecule has 0 bridgehead atoms. The van der Waals surface area contributed by atoms with E-state index in [0.29, 0.717) is 31.6 Å². The van der Waals surface area contributed by atoms with Crippen molar-refractivity contribution in [3.8, 4) is 11.5 Å². The number of benzene rings is 1. The zero-order chi connectivity index (χ0) is 18.7. The molecule has 1 unspecified atom stereocenters. The Kier molecular flexibility index (Phi) is 5.27. The van der Waals surface area contributed by atoms with Crippen molar-refractivity contribution >= 4 is 11.6 Å². The van der Waals surface area contributed by atoms with Crippen molar-refractivity contribution in [2.45, 2.75) is 12.5 Å². The van der Waals surface area contributed by atoms with Gasteiger partial charge in [0.15, 0.2) is 17.3 Å². The molecule has 1 N–H and O–H groups in total. The van der Waals surface area contributed by atoms with Gasteiger partial charge in [-0.15, -0.1) is 0 Å². The highest BCUT2D eigenvalue weighted by atomic mass is 19.2. The van der Waals surface area contributed by atoms with Crippen molar-refractivity contribution < 1.29 is 32.2 Å². The number of carbonyl (C=O) groups excluding carboxylic acids is 1. The molecule has 6 nitrogen and oxygen atoms in total. The first-order valence-electron chi connectivity index (χ1n) is 7.73. The average Bonchev–Trinajstić information content (AvgIpc) is 3.15. The van der Waals surface area contributed by atoms with Gasteiger partial charge in [0.05, 0.1) is 26.5 Å². The molecule has 1 aliphatic rings. The van der Waals surface area contributed by atoms with E-state index in [1.807, 2.05) is 5.32 Å². The summed E-state index contributed by atoms with van der Waals surface area (Å²) < 4.78 is 56.6. The summed E-state index contributed by atoms with van der Waals surface area (Å²) in [6.07, 6.45) is 0.981. The van der Waals surface area contributed by atoms with Crippen molar-refractivity contribution in [1.82, 2.24) is 4.98 Å². The number of rotatable bonds is 5. The summed E-state index contributed by atoms with van der Waals surface area (Å²) in [5.41, 5.74) is -0.860. The van der Waals surface area contributed by atoms with Gasteiger partial charge in [-0.25, -0.2) is 9.37 Å². The van der Waals surface area contributed by atoms with E-state index >= 15 is 0 Å². The number of anilines is 1. The lowest BCUT2D eigenvalue weighted by atomic mass is 10.1. The van der Waals surface area contributed by atoms with Gasteiger partial charge >= 0.3 is 0 Å². The SMILES string of the molecule is COc1ccc(C(=O)Nc2c(F)cnc(F)c2F)cc1OC1CCOC1. The van der Waals surface area contributed by atoms with Gasteiger partial charge < -0.3 is 19.5 Å². The van der Waals surface area contributed by atoms with Crippen LogP contribution in [-0.4, -0.2) is 37.3 Å². The number of methoxy groups -OCH3 is 1. The van der Waals surface area contributed by atoms with E-state index in [1.54, 1.807) is 0 Å².